The molecule has 0 bridgehead atoms. The third kappa shape index (κ3) is 4.40. The van der Waals surface area contributed by atoms with E-state index in [2.05, 4.69) is 62.6 Å². The predicted octanol–water partition coefficient (Wildman–Crippen LogP) is 6.50. The molecule has 0 amide bonds. The molecule has 0 aliphatic heterocycles. The number of hydrogen-bond donors (Lipinski definition) is 1. The fraction of sp³-hybridized carbons (Fsp3) is 0.0476. The van der Waals surface area contributed by atoms with Crippen LogP contribution >= 0.6 is 27.7 Å². The molecular weight excluding hydrogens is 422 g/mol. The monoisotopic (exact) mass is 437 g/mol. The van der Waals surface area contributed by atoms with Crippen molar-refractivity contribution in [1.29, 1.82) is 0 Å². The molecule has 0 unspecified atom stereocenters. The summed E-state index contributed by atoms with van der Waals surface area (Å²) in [6, 6.07) is 22.1. The van der Waals surface area contributed by atoms with Crippen LogP contribution in [-0.2, 0) is 0 Å². The molecular formula is C21H16BrN3OS. The summed E-state index contributed by atoms with van der Waals surface area (Å²) < 4.78 is 6.76. The molecule has 0 saturated carbocycles. The molecule has 6 heteroatoms. The molecule has 0 atom stereocenters. The van der Waals surface area contributed by atoms with Crippen LogP contribution in [-0.4, -0.2) is 11.2 Å². The Morgan fingerprint density at radius 2 is 1.89 bits per heavy atom. The van der Waals surface area contributed by atoms with Crippen LogP contribution in [0.25, 0.3) is 10.9 Å². The summed E-state index contributed by atoms with van der Waals surface area (Å²) >= 11 is 5.11. The standard InChI is InChI=1S/C21H16BrN3OS/c1-14-6-9-17(10-7-14)27-21-18(22)12-16(26-21)13-23-25-20-11-8-15-4-2-3-5-19(15)24-20/h2-13H,1H3,(H,24,25)/b23-13-. The van der Waals surface area contributed by atoms with Gasteiger partial charge in [-0.1, -0.05) is 47.7 Å². The summed E-state index contributed by atoms with van der Waals surface area (Å²) in [5.74, 6) is 1.34. The first-order valence-corrected chi connectivity index (χ1v) is 9.97. The van der Waals surface area contributed by atoms with Crippen LogP contribution in [0.1, 0.15) is 11.3 Å². The van der Waals surface area contributed by atoms with Crippen molar-refractivity contribution in [3.05, 3.63) is 82.5 Å². The number of nitrogens with zero attached hydrogens (tertiary/aromatic N) is 2. The number of halogens is 1. The number of aromatic nitrogens is 1. The van der Waals surface area contributed by atoms with Crippen LogP contribution in [0.5, 0.6) is 0 Å². The highest BCUT2D eigenvalue weighted by molar-refractivity contribution is 9.10. The van der Waals surface area contributed by atoms with Crippen molar-refractivity contribution < 1.29 is 4.42 Å². The lowest BCUT2D eigenvalue weighted by Crippen LogP contribution is -1.93. The van der Waals surface area contributed by atoms with Gasteiger partial charge in [0.05, 0.1) is 16.2 Å². The Bertz CT molecular complexity index is 1110. The van der Waals surface area contributed by atoms with E-state index < -0.39 is 0 Å². The third-order valence-corrected chi connectivity index (χ3v) is 5.72. The smallest absolute Gasteiger partial charge is 0.180 e. The Morgan fingerprint density at radius 3 is 2.74 bits per heavy atom. The van der Waals surface area contributed by atoms with Gasteiger partial charge in [0.1, 0.15) is 11.6 Å². The molecule has 0 spiro atoms. The summed E-state index contributed by atoms with van der Waals surface area (Å²) in [4.78, 5) is 5.65. The van der Waals surface area contributed by atoms with E-state index in [-0.39, 0.29) is 0 Å². The van der Waals surface area contributed by atoms with Crippen LogP contribution in [0.15, 0.2) is 90.7 Å². The zero-order valence-corrected chi connectivity index (χ0v) is 16.9. The fourth-order valence-corrected chi connectivity index (χ4v) is 3.84. The van der Waals surface area contributed by atoms with Gasteiger partial charge in [-0.2, -0.15) is 5.10 Å². The molecule has 2 aromatic carbocycles. The van der Waals surface area contributed by atoms with E-state index in [9.17, 15) is 0 Å². The van der Waals surface area contributed by atoms with Gasteiger partial charge in [0.25, 0.3) is 0 Å². The molecule has 0 fully saturated rings. The predicted molar refractivity (Wildman–Crippen MR) is 115 cm³/mol. The van der Waals surface area contributed by atoms with E-state index in [4.69, 9.17) is 4.42 Å². The normalized spacial score (nSPS) is 11.3. The summed E-state index contributed by atoms with van der Waals surface area (Å²) in [5.41, 5.74) is 5.11. The van der Waals surface area contributed by atoms with Gasteiger partial charge in [0.2, 0.25) is 0 Å². The number of hydrazone groups is 1. The van der Waals surface area contributed by atoms with E-state index in [0.717, 1.165) is 25.4 Å². The maximum Gasteiger partial charge on any atom is 0.180 e. The minimum Gasteiger partial charge on any atom is -0.447 e. The summed E-state index contributed by atoms with van der Waals surface area (Å²) in [6.07, 6.45) is 1.64. The first-order valence-electron chi connectivity index (χ1n) is 8.36. The topological polar surface area (TPSA) is 50.4 Å². The zero-order chi connectivity index (χ0) is 18.6. The highest BCUT2D eigenvalue weighted by Gasteiger charge is 2.09. The first-order chi connectivity index (χ1) is 13.2. The second-order valence-electron chi connectivity index (χ2n) is 5.96. The SMILES string of the molecule is Cc1ccc(Sc2oc(/C=N\Nc3ccc4ccccc4n3)cc2Br)cc1. The number of rotatable bonds is 5. The lowest BCUT2D eigenvalue weighted by molar-refractivity contribution is 0.466. The summed E-state index contributed by atoms with van der Waals surface area (Å²) in [5, 5.41) is 6.12. The molecule has 134 valence electrons. The van der Waals surface area contributed by atoms with Crippen molar-refractivity contribution in [2.24, 2.45) is 5.10 Å². The van der Waals surface area contributed by atoms with Gasteiger partial charge < -0.3 is 4.42 Å². The minimum atomic E-state index is 0.657. The third-order valence-electron chi connectivity index (χ3n) is 3.88. The Kier molecular flexibility index (Phi) is 5.27. The van der Waals surface area contributed by atoms with Gasteiger partial charge in [-0.3, -0.25) is 5.43 Å². The van der Waals surface area contributed by atoms with Crippen molar-refractivity contribution >= 4 is 50.6 Å². The van der Waals surface area contributed by atoms with Crippen LogP contribution in [0.3, 0.4) is 0 Å². The number of fused-ring (bicyclic) bond motifs is 1. The maximum atomic E-state index is 5.86. The number of para-hydroxylation sites is 1. The zero-order valence-electron chi connectivity index (χ0n) is 14.5. The first kappa shape index (κ1) is 17.8. The van der Waals surface area contributed by atoms with Crippen molar-refractivity contribution in [1.82, 2.24) is 4.98 Å². The van der Waals surface area contributed by atoms with Crippen molar-refractivity contribution in [2.75, 3.05) is 5.43 Å². The van der Waals surface area contributed by atoms with Gasteiger partial charge in [-0.05, 0) is 53.2 Å². The van der Waals surface area contributed by atoms with Crippen LogP contribution in [0.2, 0.25) is 0 Å². The number of anilines is 1. The Labute approximate surface area is 169 Å². The number of hydrogen-bond acceptors (Lipinski definition) is 5. The average molecular weight is 438 g/mol. The summed E-state index contributed by atoms with van der Waals surface area (Å²) in [7, 11) is 0. The van der Waals surface area contributed by atoms with E-state index in [1.54, 1.807) is 18.0 Å². The highest BCUT2D eigenvalue weighted by atomic mass is 79.9. The minimum absolute atomic E-state index is 0.657. The quantitative estimate of drug-likeness (QED) is 0.286. The van der Waals surface area contributed by atoms with Gasteiger partial charge in [0.15, 0.2) is 5.09 Å². The number of nitrogens with one attached hydrogen (secondary N) is 1. The van der Waals surface area contributed by atoms with Gasteiger partial charge in [-0.15, -0.1) is 0 Å². The van der Waals surface area contributed by atoms with E-state index >= 15 is 0 Å². The van der Waals surface area contributed by atoms with Crippen LogP contribution in [0, 0.1) is 6.92 Å². The molecule has 0 saturated heterocycles. The van der Waals surface area contributed by atoms with Crippen molar-refractivity contribution in [2.45, 2.75) is 16.9 Å². The van der Waals surface area contributed by atoms with Gasteiger partial charge in [-0.25, -0.2) is 4.98 Å². The second-order valence-corrected chi connectivity index (χ2v) is 7.86. The lowest BCUT2D eigenvalue weighted by Gasteiger charge is -2.01. The molecule has 27 heavy (non-hydrogen) atoms. The maximum absolute atomic E-state index is 5.86. The van der Waals surface area contributed by atoms with E-state index in [1.165, 1.54) is 5.56 Å². The number of aryl methyl sites for hydroxylation is 1. The average Bonchev–Trinajstić information content (AvgIpc) is 3.03. The highest BCUT2D eigenvalue weighted by Crippen LogP contribution is 2.35. The van der Waals surface area contributed by atoms with Crippen LogP contribution < -0.4 is 5.43 Å². The van der Waals surface area contributed by atoms with Crippen LogP contribution in [0.4, 0.5) is 5.82 Å². The Morgan fingerprint density at radius 1 is 1.07 bits per heavy atom. The molecule has 1 N–H and O–H groups in total. The van der Waals surface area contributed by atoms with Gasteiger partial charge >= 0.3 is 0 Å². The Balaban J connectivity index is 1.45. The molecule has 2 aromatic heterocycles. The molecule has 4 aromatic rings. The molecule has 0 aliphatic rings. The second kappa shape index (κ2) is 7.98. The molecule has 2 heterocycles. The van der Waals surface area contributed by atoms with Crippen molar-refractivity contribution in [3.63, 3.8) is 0 Å². The Hall–Kier alpha value is -2.57. The lowest BCUT2D eigenvalue weighted by atomic mass is 10.2. The van der Waals surface area contributed by atoms with Crippen molar-refractivity contribution in [3.8, 4) is 0 Å². The molecule has 0 aliphatic carbocycles. The van der Waals surface area contributed by atoms with E-state index in [1.807, 2.05) is 42.5 Å². The molecule has 4 nitrogen and oxygen atoms in total. The molecule has 0 radical (unpaired) electrons. The number of benzene rings is 2. The summed E-state index contributed by atoms with van der Waals surface area (Å²) in [6.45, 7) is 2.07. The van der Waals surface area contributed by atoms with E-state index in [0.29, 0.717) is 11.6 Å². The fourth-order valence-electron chi connectivity index (χ4n) is 2.51. The number of furan rings is 1. The molecule has 4 rings (SSSR count). The number of pyridine rings is 1. The largest absolute Gasteiger partial charge is 0.447 e. The van der Waals surface area contributed by atoms with Gasteiger partial charge in [0, 0.05) is 16.3 Å².